The summed E-state index contributed by atoms with van der Waals surface area (Å²) in [5.74, 6) is 4.34. The Morgan fingerprint density at radius 1 is 1.11 bits per heavy atom. The van der Waals surface area contributed by atoms with Gasteiger partial charge in [0.1, 0.15) is 13.9 Å². The second-order valence-corrected chi connectivity index (χ2v) is 15.3. The molecular formula is C24H36O2Si. The zero-order chi connectivity index (χ0) is 20.1. The number of ketones is 2. The van der Waals surface area contributed by atoms with Crippen LogP contribution in [0.5, 0.6) is 0 Å². The number of fused-ring (bicyclic) bond motifs is 3. The monoisotopic (exact) mass is 384 g/mol. The highest BCUT2D eigenvalue weighted by molar-refractivity contribution is 6.83. The lowest BCUT2D eigenvalue weighted by Crippen LogP contribution is -2.58. The van der Waals surface area contributed by atoms with Gasteiger partial charge in [-0.05, 0) is 49.0 Å². The van der Waals surface area contributed by atoms with Crippen molar-refractivity contribution >= 4 is 19.6 Å². The molecule has 3 aliphatic rings. The van der Waals surface area contributed by atoms with Gasteiger partial charge in [0.05, 0.1) is 0 Å². The Kier molecular flexibility index (Phi) is 5.13. The zero-order valence-electron chi connectivity index (χ0n) is 18.1. The van der Waals surface area contributed by atoms with Gasteiger partial charge in [-0.15, -0.1) is 11.5 Å². The van der Waals surface area contributed by atoms with Crippen LogP contribution in [-0.2, 0) is 9.59 Å². The molecule has 0 bridgehead atoms. The molecule has 2 saturated carbocycles. The van der Waals surface area contributed by atoms with Crippen LogP contribution in [0.3, 0.4) is 0 Å². The van der Waals surface area contributed by atoms with Crippen LogP contribution >= 0.6 is 0 Å². The molecule has 0 N–H and O–H groups in total. The first-order valence-electron chi connectivity index (χ1n) is 10.8. The Morgan fingerprint density at radius 2 is 1.81 bits per heavy atom. The number of hydrogen-bond acceptors (Lipinski definition) is 2. The van der Waals surface area contributed by atoms with Crippen molar-refractivity contribution in [2.24, 2.45) is 22.2 Å². The molecule has 27 heavy (non-hydrogen) atoms. The fourth-order valence-electron chi connectivity index (χ4n) is 6.49. The number of carbonyl (C=O) groups excluding carboxylic acids is 2. The normalized spacial score (nSPS) is 39.0. The summed E-state index contributed by atoms with van der Waals surface area (Å²) in [4.78, 5) is 25.1. The summed E-state index contributed by atoms with van der Waals surface area (Å²) in [6.07, 6.45) is 9.20. The van der Waals surface area contributed by atoms with Crippen molar-refractivity contribution in [2.75, 3.05) is 0 Å². The third-order valence-electron chi connectivity index (χ3n) is 8.17. The summed E-state index contributed by atoms with van der Waals surface area (Å²) in [5.41, 5.74) is 4.91. The van der Waals surface area contributed by atoms with Crippen molar-refractivity contribution in [2.45, 2.75) is 91.8 Å². The number of hydrogen-bond donors (Lipinski definition) is 0. The fourth-order valence-corrected chi connectivity index (χ4v) is 7.11. The quantitative estimate of drug-likeness (QED) is 0.450. The maximum Gasteiger partial charge on any atom is 0.155 e. The number of carbonyl (C=O) groups is 2. The molecule has 0 unspecified atom stereocenters. The molecule has 0 amide bonds. The molecule has 2 nitrogen and oxygen atoms in total. The minimum atomic E-state index is -1.40. The lowest BCUT2D eigenvalue weighted by molar-refractivity contribution is -0.145. The highest BCUT2D eigenvalue weighted by atomic mass is 28.3. The van der Waals surface area contributed by atoms with Gasteiger partial charge >= 0.3 is 0 Å². The van der Waals surface area contributed by atoms with Gasteiger partial charge in [-0.3, -0.25) is 9.59 Å². The Bertz CT molecular complexity index is 747. The lowest BCUT2D eigenvalue weighted by atomic mass is 9.39. The molecule has 3 heteroatoms. The summed E-state index contributed by atoms with van der Waals surface area (Å²) in [5, 5.41) is 0. The maximum atomic E-state index is 12.6. The molecule has 2 fully saturated rings. The van der Waals surface area contributed by atoms with E-state index in [0.717, 1.165) is 38.5 Å². The van der Waals surface area contributed by atoms with Crippen molar-refractivity contribution in [1.29, 1.82) is 0 Å². The van der Waals surface area contributed by atoms with Crippen LogP contribution in [0.15, 0.2) is 11.6 Å². The minimum absolute atomic E-state index is 0.00148. The van der Waals surface area contributed by atoms with Gasteiger partial charge in [-0.2, -0.15) is 0 Å². The number of Topliss-reactive ketones (excluding diaryl/α,β-unsaturated/α-hetero) is 1. The lowest BCUT2D eigenvalue weighted by Gasteiger charge is -2.64. The number of allylic oxidation sites excluding steroid dienone is 2. The largest absolute Gasteiger partial charge is 0.299 e. The molecule has 0 aliphatic heterocycles. The molecule has 0 aromatic carbocycles. The van der Waals surface area contributed by atoms with Crippen molar-refractivity contribution in [3.63, 3.8) is 0 Å². The zero-order valence-corrected chi connectivity index (χ0v) is 19.1. The van der Waals surface area contributed by atoms with E-state index in [1.807, 2.05) is 6.08 Å². The average molecular weight is 385 g/mol. The molecule has 3 aliphatic carbocycles. The fraction of sp³-hybridized carbons (Fsp3) is 0.750. The first kappa shape index (κ1) is 20.6. The highest BCUT2D eigenvalue weighted by Gasteiger charge is 2.63. The molecule has 0 saturated heterocycles. The van der Waals surface area contributed by atoms with E-state index < -0.39 is 8.07 Å². The van der Waals surface area contributed by atoms with Crippen LogP contribution in [-0.4, -0.2) is 19.6 Å². The summed E-state index contributed by atoms with van der Waals surface area (Å²) in [6.45, 7) is 13.6. The molecule has 3 rings (SSSR count). The Balaban J connectivity index is 2.09. The van der Waals surface area contributed by atoms with Gasteiger partial charge < -0.3 is 0 Å². The molecule has 0 aromatic heterocycles. The molecule has 0 aromatic rings. The SMILES string of the molecule is CC[C@@]12CC[C@@]3(CC#C[Si](C)(C)C)CCC(=O)C=C3[C@@]1(C)CCC(=O)[C@@H]2C. The highest BCUT2D eigenvalue weighted by Crippen LogP contribution is 2.70. The Hall–Kier alpha value is -1.14. The van der Waals surface area contributed by atoms with E-state index in [1.165, 1.54) is 5.57 Å². The van der Waals surface area contributed by atoms with Gasteiger partial charge in [-0.25, -0.2) is 0 Å². The third kappa shape index (κ3) is 3.18. The molecular weight excluding hydrogens is 348 g/mol. The predicted octanol–water partition coefficient (Wildman–Crippen LogP) is 5.73. The van der Waals surface area contributed by atoms with E-state index in [9.17, 15) is 9.59 Å². The van der Waals surface area contributed by atoms with Gasteiger partial charge in [0, 0.05) is 30.6 Å². The first-order valence-corrected chi connectivity index (χ1v) is 14.3. The van der Waals surface area contributed by atoms with Crippen molar-refractivity contribution in [3.8, 4) is 11.5 Å². The summed E-state index contributed by atoms with van der Waals surface area (Å²) in [7, 11) is -1.40. The standard InChI is InChI=1S/C24H36O2Si/c1-7-24-15-14-23(11-8-16-27(4,5)6)13-9-19(25)17-21(23)22(24,3)12-10-20(26)18(24)2/h17-18H,7,9-15H2,1-6H3/t18-,22+,23+,24-/m0/s1. The minimum Gasteiger partial charge on any atom is -0.299 e. The first-order chi connectivity index (χ1) is 12.5. The van der Waals surface area contributed by atoms with Crippen LogP contribution < -0.4 is 0 Å². The molecule has 0 radical (unpaired) electrons. The average Bonchev–Trinajstić information content (AvgIpc) is 2.59. The van der Waals surface area contributed by atoms with Crippen LogP contribution in [0.4, 0.5) is 0 Å². The van der Waals surface area contributed by atoms with Crippen LogP contribution in [0.2, 0.25) is 19.6 Å². The molecule has 0 heterocycles. The Labute approximate surface area is 166 Å². The van der Waals surface area contributed by atoms with Gasteiger partial charge in [0.2, 0.25) is 0 Å². The molecule has 0 spiro atoms. The second kappa shape index (κ2) is 6.73. The second-order valence-electron chi connectivity index (χ2n) is 10.6. The van der Waals surface area contributed by atoms with E-state index in [-0.39, 0.29) is 27.9 Å². The predicted molar refractivity (Wildman–Crippen MR) is 114 cm³/mol. The maximum absolute atomic E-state index is 12.6. The van der Waals surface area contributed by atoms with Crippen molar-refractivity contribution in [1.82, 2.24) is 0 Å². The van der Waals surface area contributed by atoms with Gasteiger partial charge in [0.25, 0.3) is 0 Å². The summed E-state index contributed by atoms with van der Waals surface area (Å²) < 4.78 is 0. The topological polar surface area (TPSA) is 34.1 Å². The smallest absolute Gasteiger partial charge is 0.155 e. The van der Waals surface area contributed by atoms with E-state index in [2.05, 4.69) is 51.9 Å². The van der Waals surface area contributed by atoms with E-state index >= 15 is 0 Å². The third-order valence-corrected chi connectivity index (χ3v) is 9.10. The van der Waals surface area contributed by atoms with Crippen LogP contribution in [0.25, 0.3) is 0 Å². The van der Waals surface area contributed by atoms with E-state index in [1.54, 1.807) is 0 Å². The summed E-state index contributed by atoms with van der Waals surface area (Å²) >= 11 is 0. The summed E-state index contributed by atoms with van der Waals surface area (Å²) in [6, 6.07) is 0. The molecule has 4 atom stereocenters. The van der Waals surface area contributed by atoms with Crippen LogP contribution in [0.1, 0.15) is 72.1 Å². The van der Waals surface area contributed by atoms with Crippen LogP contribution in [0, 0.1) is 33.6 Å². The number of rotatable bonds is 2. The van der Waals surface area contributed by atoms with Gasteiger partial charge in [-0.1, -0.05) is 46.0 Å². The van der Waals surface area contributed by atoms with Crippen molar-refractivity contribution in [3.05, 3.63) is 11.6 Å². The van der Waals surface area contributed by atoms with E-state index in [4.69, 9.17) is 0 Å². The Morgan fingerprint density at radius 3 is 2.44 bits per heavy atom. The van der Waals surface area contributed by atoms with Gasteiger partial charge in [0.15, 0.2) is 5.78 Å². The van der Waals surface area contributed by atoms with Crippen molar-refractivity contribution < 1.29 is 9.59 Å². The van der Waals surface area contributed by atoms with E-state index in [0.29, 0.717) is 18.6 Å². The molecule has 148 valence electrons.